The molecule has 18 heavy (non-hydrogen) atoms. The van der Waals surface area contributed by atoms with E-state index in [4.69, 9.17) is 0 Å². The predicted octanol–water partition coefficient (Wildman–Crippen LogP) is 2.22. The summed E-state index contributed by atoms with van der Waals surface area (Å²) in [7, 11) is -1.19. The largest absolute Gasteiger partial charge is 0.317 e. The first-order valence-corrected chi connectivity index (χ1v) is 8.37. The summed E-state index contributed by atoms with van der Waals surface area (Å²) in [6.45, 7) is 1.63. The van der Waals surface area contributed by atoms with Gasteiger partial charge in [0.15, 0.2) is 0 Å². The number of hydrogen-bond acceptors (Lipinski definition) is 3. The molecule has 0 bridgehead atoms. The molecule has 0 aromatic rings. The third kappa shape index (κ3) is 4.80. The lowest BCUT2D eigenvalue weighted by molar-refractivity contribution is 0.00327. The van der Waals surface area contributed by atoms with Crippen molar-refractivity contribution >= 4 is 9.84 Å². The summed E-state index contributed by atoms with van der Waals surface area (Å²) in [5.41, 5.74) is 0. The summed E-state index contributed by atoms with van der Waals surface area (Å²) >= 11 is 0. The molecule has 1 rings (SSSR count). The monoisotopic (exact) mass is 283 g/mol. The molecule has 0 spiro atoms. The molecule has 6 heteroatoms. The van der Waals surface area contributed by atoms with Crippen LogP contribution in [0.5, 0.6) is 0 Å². The van der Waals surface area contributed by atoms with Crippen LogP contribution < -0.4 is 5.32 Å². The summed E-state index contributed by atoms with van der Waals surface area (Å²) in [6, 6.07) is 0.00503. The van der Waals surface area contributed by atoms with Gasteiger partial charge in [-0.2, -0.15) is 0 Å². The Kier molecular flexibility index (Phi) is 5.52. The first-order valence-electron chi connectivity index (χ1n) is 6.55. The van der Waals surface area contributed by atoms with Crippen LogP contribution in [-0.4, -0.2) is 38.9 Å². The highest BCUT2D eigenvalue weighted by Crippen LogP contribution is 2.41. The second kappa shape index (κ2) is 6.28. The maximum Gasteiger partial charge on any atom is 0.248 e. The first kappa shape index (κ1) is 15.8. The fraction of sp³-hybridized carbons (Fsp3) is 1.00. The average molecular weight is 283 g/mol. The van der Waals surface area contributed by atoms with Crippen molar-refractivity contribution in [3.8, 4) is 0 Å². The molecule has 0 aromatic heterocycles. The first-order chi connectivity index (χ1) is 8.29. The average Bonchev–Trinajstić information content (AvgIpc) is 2.65. The summed E-state index contributed by atoms with van der Waals surface area (Å²) in [6.07, 6.45) is 1.61. The Balaban J connectivity index is 2.39. The van der Waals surface area contributed by atoms with Crippen LogP contribution in [0.2, 0.25) is 0 Å². The Morgan fingerprint density at radius 2 is 2.11 bits per heavy atom. The number of sulfone groups is 1. The summed E-state index contributed by atoms with van der Waals surface area (Å²) in [4.78, 5) is 0. The Hall–Kier alpha value is -0.230. The maximum absolute atomic E-state index is 13.1. The van der Waals surface area contributed by atoms with E-state index >= 15 is 0 Å². The van der Waals surface area contributed by atoms with E-state index in [1.54, 1.807) is 14.0 Å². The summed E-state index contributed by atoms with van der Waals surface area (Å²) in [5.74, 6) is -2.26. The normalized spacial score (nSPS) is 25.2. The SMILES string of the molecule is CCS(=O)(=O)CCCC(NC)C1CCC(F)(F)C1. The fourth-order valence-electron chi connectivity index (χ4n) is 2.61. The van der Waals surface area contributed by atoms with E-state index in [2.05, 4.69) is 5.32 Å². The molecular formula is C12H23F2NO2S. The summed E-state index contributed by atoms with van der Waals surface area (Å²) < 4.78 is 49.0. The van der Waals surface area contributed by atoms with Gasteiger partial charge in [-0.15, -0.1) is 0 Å². The van der Waals surface area contributed by atoms with Crippen LogP contribution in [0, 0.1) is 5.92 Å². The van der Waals surface area contributed by atoms with E-state index < -0.39 is 15.8 Å². The van der Waals surface area contributed by atoms with Gasteiger partial charge in [-0.3, -0.25) is 0 Å². The zero-order chi connectivity index (χ0) is 13.8. The van der Waals surface area contributed by atoms with Gasteiger partial charge in [0.1, 0.15) is 9.84 Å². The van der Waals surface area contributed by atoms with E-state index in [1.165, 1.54) is 0 Å². The maximum atomic E-state index is 13.1. The lowest BCUT2D eigenvalue weighted by atomic mass is 9.94. The molecule has 0 saturated heterocycles. The van der Waals surface area contributed by atoms with Crippen molar-refractivity contribution in [3.63, 3.8) is 0 Å². The van der Waals surface area contributed by atoms with Crippen LogP contribution in [0.4, 0.5) is 8.78 Å². The second-order valence-corrected chi connectivity index (χ2v) is 7.61. The number of hydrogen-bond donors (Lipinski definition) is 1. The molecular weight excluding hydrogens is 260 g/mol. The van der Waals surface area contributed by atoms with Crippen molar-refractivity contribution in [2.45, 2.75) is 51.0 Å². The van der Waals surface area contributed by atoms with Crippen LogP contribution in [-0.2, 0) is 9.84 Å². The van der Waals surface area contributed by atoms with Gasteiger partial charge in [0, 0.05) is 24.6 Å². The molecule has 0 amide bonds. The van der Waals surface area contributed by atoms with Gasteiger partial charge in [-0.25, -0.2) is 17.2 Å². The minimum atomic E-state index is -2.95. The Bertz CT molecular complexity index is 357. The highest BCUT2D eigenvalue weighted by Gasteiger charge is 2.41. The molecule has 1 fully saturated rings. The molecule has 1 saturated carbocycles. The molecule has 2 unspecified atom stereocenters. The zero-order valence-corrected chi connectivity index (χ0v) is 11.9. The molecule has 2 atom stereocenters. The number of nitrogens with one attached hydrogen (secondary N) is 1. The Labute approximate surface area is 108 Å². The quantitative estimate of drug-likeness (QED) is 0.779. The topological polar surface area (TPSA) is 46.2 Å². The van der Waals surface area contributed by atoms with Crippen molar-refractivity contribution in [1.29, 1.82) is 0 Å². The molecule has 1 aliphatic carbocycles. The number of rotatable bonds is 7. The molecule has 0 heterocycles. The van der Waals surface area contributed by atoms with Crippen LogP contribution in [0.1, 0.15) is 39.0 Å². The van der Waals surface area contributed by atoms with Gasteiger partial charge in [0.2, 0.25) is 5.92 Å². The third-order valence-electron chi connectivity index (χ3n) is 3.79. The lowest BCUT2D eigenvalue weighted by Crippen LogP contribution is -2.33. The van der Waals surface area contributed by atoms with Gasteiger partial charge in [0.25, 0.3) is 0 Å². The summed E-state index contributed by atoms with van der Waals surface area (Å²) in [5, 5.41) is 3.06. The van der Waals surface area contributed by atoms with Gasteiger partial charge in [0.05, 0.1) is 5.75 Å². The minimum absolute atomic E-state index is 0.00503. The smallest absolute Gasteiger partial charge is 0.248 e. The zero-order valence-electron chi connectivity index (χ0n) is 11.1. The van der Waals surface area contributed by atoms with Gasteiger partial charge in [-0.05, 0) is 32.2 Å². The van der Waals surface area contributed by atoms with Crippen molar-refractivity contribution in [3.05, 3.63) is 0 Å². The van der Waals surface area contributed by atoms with Crippen LogP contribution in [0.3, 0.4) is 0 Å². The standard InChI is InChI=1S/C12H23F2NO2S/c1-3-18(16,17)8-4-5-11(15-2)10-6-7-12(13,14)9-10/h10-11,15H,3-9H2,1-2H3. The molecule has 108 valence electrons. The molecule has 1 aliphatic rings. The van der Waals surface area contributed by atoms with E-state index in [9.17, 15) is 17.2 Å². The van der Waals surface area contributed by atoms with Crippen LogP contribution in [0.15, 0.2) is 0 Å². The van der Waals surface area contributed by atoms with E-state index in [1.807, 2.05) is 0 Å². The Morgan fingerprint density at radius 3 is 2.56 bits per heavy atom. The van der Waals surface area contributed by atoms with Crippen molar-refractivity contribution in [2.75, 3.05) is 18.6 Å². The highest BCUT2D eigenvalue weighted by molar-refractivity contribution is 7.91. The second-order valence-electron chi connectivity index (χ2n) is 5.13. The third-order valence-corrected chi connectivity index (χ3v) is 5.58. The van der Waals surface area contributed by atoms with Crippen LogP contribution >= 0.6 is 0 Å². The minimum Gasteiger partial charge on any atom is -0.317 e. The lowest BCUT2D eigenvalue weighted by Gasteiger charge is -2.23. The number of alkyl halides is 2. The van der Waals surface area contributed by atoms with Crippen LogP contribution in [0.25, 0.3) is 0 Å². The van der Waals surface area contributed by atoms with E-state index in [0.29, 0.717) is 19.3 Å². The molecule has 1 N–H and O–H groups in total. The van der Waals surface area contributed by atoms with Crippen molar-refractivity contribution < 1.29 is 17.2 Å². The number of halogens is 2. The van der Waals surface area contributed by atoms with Gasteiger partial charge < -0.3 is 5.32 Å². The van der Waals surface area contributed by atoms with Gasteiger partial charge >= 0.3 is 0 Å². The van der Waals surface area contributed by atoms with E-state index in [-0.39, 0.29) is 36.3 Å². The molecule has 3 nitrogen and oxygen atoms in total. The highest BCUT2D eigenvalue weighted by atomic mass is 32.2. The molecule has 0 aliphatic heterocycles. The predicted molar refractivity (Wildman–Crippen MR) is 68.7 cm³/mol. The molecule has 0 aromatic carbocycles. The van der Waals surface area contributed by atoms with Crippen molar-refractivity contribution in [2.24, 2.45) is 5.92 Å². The Morgan fingerprint density at radius 1 is 1.44 bits per heavy atom. The van der Waals surface area contributed by atoms with Gasteiger partial charge in [-0.1, -0.05) is 6.92 Å². The fourth-order valence-corrected chi connectivity index (χ4v) is 3.51. The molecule has 0 radical (unpaired) electrons. The van der Waals surface area contributed by atoms with E-state index in [0.717, 1.165) is 0 Å². The van der Waals surface area contributed by atoms with Crippen molar-refractivity contribution in [1.82, 2.24) is 5.32 Å².